The minimum atomic E-state index is -0.317. The molecule has 1 aromatic heterocycles. The average Bonchev–Trinajstić information content (AvgIpc) is 2.78. The Balaban J connectivity index is 2.31. The van der Waals surface area contributed by atoms with E-state index in [4.69, 9.17) is 9.31 Å². The molecule has 2 rings (SSSR count). The third kappa shape index (κ3) is 2.10. The van der Waals surface area contributed by atoms with Crippen LogP contribution in [0.5, 0.6) is 0 Å². The first kappa shape index (κ1) is 13.6. The highest BCUT2D eigenvalue weighted by Gasteiger charge is 2.52. The van der Waals surface area contributed by atoms with Gasteiger partial charge in [0.2, 0.25) is 0 Å². The molecule has 18 heavy (non-hydrogen) atoms. The van der Waals surface area contributed by atoms with Crippen LogP contribution >= 0.6 is 0 Å². The monoisotopic (exact) mass is 250 g/mol. The van der Waals surface area contributed by atoms with E-state index in [0.717, 1.165) is 24.3 Å². The molecule has 0 aromatic carbocycles. The highest BCUT2D eigenvalue weighted by Crippen LogP contribution is 2.36. The van der Waals surface area contributed by atoms with E-state index in [2.05, 4.69) is 52.7 Å². The molecule has 4 nitrogen and oxygen atoms in total. The number of hydrogen-bond acceptors (Lipinski definition) is 3. The lowest BCUT2D eigenvalue weighted by atomic mass is 9.84. The van der Waals surface area contributed by atoms with Gasteiger partial charge >= 0.3 is 7.12 Å². The maximum atomic E-state index is 6.07. The molecular weight excluding hydrogens is 227 g/mol. The SMILES string of the molecule is CCc1cc(B2OC(C)(C)C(C)(C)O2)n(CC)n1. The van der Waals surface area contributed by atoms with Crippen molar-refractivity contribution in [3.63, 3.8) is 0 Å². The van der Waals surface area contributed by atoms with Gasteiger partial charge in [-0.25, -0.2) is 0 Å². The quantitative estimate of drug-likeness (QED) is 0.767. The second kappa shape index (κ2) is 4.39. The van der Waals surface area contributed by atoms with Gasteiger partial charge in [0.25, 0.3) is 0 Å². The van der Waals surface area contributed by atoms with Crippen molar-refractivity contribution >= 4 is 12.7 Å². The van der Waals surface area contributed by atoms with Crippen LogP contribution in [0.4, 0.5) is 0 Å². The molecule has 0 amide bonds. The van der Waals surface area contributed by atoms with Gasteiger partial charge in [0, 0.05) is 6.54 Å². The Kier molecular flexibility index (Phi) is 3.32. The zero-order valence-electron chi connectivity index (χ0n) is 12.3. The van der Waals surface area contributed by atoms with Gasteiger partial charge in [-0.05, 0) is 47.1 Å². The van der Waals surface area contributed by atoms with Gasteiger partial charge in [-0.2, -0.15) is 5.10 Å². The smallest absolute Gasteiger partial charge is 0.398 e. The number of aromatic nitrogens is 2. The van der Waals surface area contributed by atoms with E-state index in [1.165, 1.54) is 0 Å². The minimum Gasteiger partial charge on any atom is -0.398 e. The van der Waals surface area contributed by atoms with E-state index >= 15 is 0 Å². The minimum absolute atomic E-state index is 0.299. The lowest BCUT2D eigenvalue weighted by Crippen LogP contribution is -2.41. The summed E-state index contributed by atoms with van der Waals surface area (Å²) in [4.78, 5) is 0. The Bertz CT molecular complexity index is 424. The number of rotatable bonds is 3. The molecule has 0 unspecified atom stereocenters. The van der Waals surface area contributed by atoms with E-state index < -0.39 is 0 Å². The topological polar surface area (TPSA) is 36.3 Å². The van der Waals surface area contributed by atoms with Crippen molar-refractivity contribution in [2.45, 2.75) is 65.7 Å². The molecule has 0 saturated carbocycles. The second-order valence-corrected chi connectivity index (χ2v) is 5.82. The zero-order valence-corrected chi connectivity index (χ0v) is 12.3. The van der Waals surface area contributed by atoms with Crippen LogP contribution in [-0.4, -0.2) is 28.1 Å². The standard InChI is InChI=1S/C13H23BN2O2/c1-7-10-9-11(16(8-2)15-10)14-17-12(3,4)13(5,6)18-14/h9H,7-8H2,1-6H3. The molecule has 100 valence electrons. The van der Waals surface area contributed by atoms with Gasteiger partial charge < -0.3 is 9.31 Å². The molecule has 1 aliphatic heterocycles. The van der Waals surface area contributed by atoms with Crippen molar-refractivity contribution in [1.82, 2.24) is 9.78 Å². The van der Waals surface area contributed by atoms with Crippen LogP contribution < -0.4 is 5.59 Å². The highest BCUT2D eigenvalue weighted by molar-refractivity contribution is 6.61. The van der Waals surface area contributed by atoms with Crippen LogP contribution in [0, 0.1) is 0 Å². The summed E-state index contributed by atoms with van der Waals surface area (Å²) in [5, 5.41) is 4.54. The van der Waals surface area contributed by atoms with Crippen molar-refractivity contribution in [1.29, 1.82) is 0 Å². The summed E-state index contributed by atoms with van der Waals surface area (Å²) in [5.74, 6) is 0. The summed E-state index contributed by atoms with van der Waals surface area (Å²) < 4.78 is 14.1. The lowest BCUT2D eigenvalue weighted by Gasteiger charge is -2.32. The first-order valence-electron chi connectivity index (χ1n) is 6.73. The Morgan fingerprint density at radius 2 is 1.72 bits per heavy atom. The van der Waals surface area contributed by atoms with Crippen LogP contribution in [-0.2, 0) is 22.3 Å². The first-order chi connectivity index (χ1) is 8.30. The van der Waals surface area contributed by atoms with Gasteiger partial charge in [0.1, 0.15) is 0 Å². The summed E-state index contributed by atoms with van der Waals surface area (Å²) in [6.07, 6.45) is 0.930. The number of aryl methyl sites for hydroxylation is 2. The maximum Gasteiger partial charge on any atom is 0.514 e. The van der Waals surface area contributed by atoms with Gasteiger partial charge in [0.05, 0.1) is 22.5 Å². The molecule has 5 heteroatoms. The van der Waals surface area contributed by atoms with Gasteiger partial charge in [-0.3, -0.25) is 4.68 Å². The van der Waals surface area contributed by atoms with Crippen LogP contribution in [0.1, 0.15) is 47.2 Å². The van der Waals surface area contributed by atoms with Crippen molar-refractivity contribution in [3.8, 4) is 0 Å². The van der Waals surface area contributed by atoms with Crippen LogP contribution in [0.2, 0.25) is 0 Å². The molecule has 0 bridgehead atoms. The molecule has 0 N–H and O–H groups in total. The molecule has 1 aromatic rings. The average molecular weight is 250 g/mol. The molecule has 0 spiro atoms. The Morgan fingerprint density at radius 3 is 2.17 bits per heavy atom. The maximum absolute atomic E-state index is 6.07. The number of nitrogens with zero attached hydrogens (tertiary/aromatic N) is 2. The summed E-state index contributed by atoms with van der Waals surface area (Å²) in [6, 6.07) is 2.09. The van der Waals surface area contributed by atoms with E-state index in [1.54, 1.807) is 0 Å². The van der Waals surface area contributed by atoms with Crippen LogP contribution in [0.3, 0.4) is 0 Å². The molecule has 1 saturated heterocycles. The molecular formula is C13H23BN2O2. The van der Waals surface area contributed by atoms with Crippen molar-refractivity contribution in [3.05, 3.63) is 11.8 Å². The molecule has 0 aliphatic carbocycles. The molecule has 2 heterocycles. The summed E-state index contributed by atoms with van der Waals surface area (Å²) >= 11 is 0. The van der Waals surface area contributed by atoms with Crippen molar-refractivity contribution < 1.29 is 9.31 Å². The molecule has 0 atom stereocenters. The Hall–Kier alpha value is -0.805. The fourth-order valence-electron chi connectivity index (χ4n) is 2.07. The van der Waals surface area contributed by atoms with Crippen molar-refractivity contribution in [2.24, 2.45) is 0 Å². The normalized spacial score (nSPS) is 21.6. The summed E-state index contributed by atoms with van der Waals surface area (Å²) in [7, 11) is -0.317. The fourth-order valence-corrected chi connectivity index (χ4v) is 2.07. The van der Waals surface area contributed by atoms with Crippen LogP contribution in [0.15, 0.2) is 6.07 Å². The Morgan fingerprint density at radius 1 is 1.17 bits per heavy atom. The fraction of sp³-hybridized carbons (Fsp3) is 0.769. The third-order valence-corrected chi connectivity index (χ3v) is 4.02. The molecule has 0 radical (unpaired) electrons. The summed E-state index contributed by atoms with van der Waals surface area (Å²) in [6.45, 7) is 13.3. The first-order valence-corrected chi connectivity index (χ1v) is 6.73. The summed E-state index contributed by atoms with van der Waals surface area (Å²) in [5.41, 5.74) is 1.51. The van der Waals surface area contributed by atoms with E-state index in [9.17, 15) is 0 Å². The zero-order chi connectivity index (χ0) is 13.6. The van der Waals surface area contributed by atoms with Gasteiger partial charge in [-0.1, -0.05) is 6.92 Å². The van der Waals surface area contributed by atoms with E-state index in [-0.39, 0.29) is 18.3 Å². The van der Waals surface area contributed by atoms with Gasteiger partial charge in [0.15, 0.2) is 0 Å². The van der Waals surface area contributed by atoms with Gasteiger partial charge in [-0.15, -0.1) is 0 Å². The molecule has 1 aliphatic rings. The Labute approximate surface area is 110 Å². The van der Waals surface area contributed by atoms with E-state index in [1.807, 2.05) is 4.68 Å². The van der Waals surface area contributed by atoms with Crippen LogP contribution in [0.25, 0.3) is 0 Å². The highest BCUT2D eigenvalue weighted by atomic mass is 16.7. The predicted molar refractivity (Wildman–Crippen MR) is 73.0 cm³/mol. The second-order valence-electron chi connectivity index (χ2n) is 5.82. The third-order valence-electron chi connectivity index (χ3n) is 4.02. The predicted octanol–water partition coefficient (Wildman–Crippen LogP) is 1.76. The van der Waals surface area contributed by atoms with E-state index in [0.29, 0.717) is 0 Å². The lowest BCUT2D eigenvalue weighted by molar-refractivity contribution is 0.00578. The van der Waals surface area contributed by atoms with Crippen molar-refractivity contribution in [2.75, 3.05) is 0 Å². The largest absolute Gasteiger partial charge is 0.514 e. The number of hydrogen-bond donors (Lipinski definition) is 0. The molecule has 1 fully saturated rings.